The first-order chi connectivity index (χ1) is 12.0. The number of rotatable bonds is 5. The number of nitrogens with zero attached hydrogens (tertiary/aromatic N) is 1. The molecule has 2 aromatic rings. The fourth-order valence-corrected chi connectivity index (χ4v) is 4.69. The second-order valence-corrected chi connectivity index (χ2v) is 7.83. The molecule has 5 nitrogen and oxygen atoms in total. The summed E-state index contributed by atoms with van der Waals surface area (Å²) in [7, 11) is -3.57. The minimum Gasteiger partial charge on any atom is -0.350 e. The Labute approximate surface area is 146 Å². The second-order valence-electron chi connectivity index (χ2n) is 5.94. The topological polar surface area (TPSA) is 66.5 Å². The molecule has 132 valence electrons. The number of carbonyl (C=O) groups is 1. The van der Waals surface area contributed by atoms with Crippen LogP contribution in [0.15, 0.2) is 59.5 Å². The third-order valence-corrected chi connectivity index (χ3v) is 6.24. The smallest absolute Gasteiger partial charge is 0.251 e. The van der Waals surface area contributed by atoms with Gasteiger partial charge in [0.15, 0.2) is 0 Å². The Morgan fingerprint density at radius 2 is 1.80 bits per heavy atom. The Kier molecular flexibility index (Phi) is 5.15. The number of hydrogen-bond acceptors (Lipinski definition) is 3. The van der Waals surface area contributed by atoms with Gasteiger partial charge in [0.05, 0.1) is 4.90 Å². The Balaban J connectivity index is 1.68. The van der Waals surface area contributed by atoms with Crippen LogP contribution in [0.3, 0.4) is 0 Å². The lowest BCUT2D eigenvalue weighted by atomic mass is 10.2. The van der Waals surface area contributed by atoms with Crippen molar-refractivity contribution >= 4 is 15.9 Å². The molecule has 7 heteroatoms. The maximum absolute atomic E-state index is 12.9. The number of halogens is 1. The third kappa shape index (κ3) is 3.88. The van der Waals surface area contributed by atoms with E-state index in [4.69, 9.17) is 0 Å². The maximum Gasteiger partial charge on any atom is 0.251 e. The van der Waals surface area contributed by atoms with Crippen LogP contribution in [0, 0.1) is 5.82 Å². The van der Waals surface area contributed by atoms with Crippen molar-refractivity contribution in [3.05, 3.63) is 66.0 Å². The van der Waals surface area contributed by atoms with Gasteiger partial charge in [0, 0.05) is 24.7 Å². The van der Waals surface area contributed by atoms with Crippen molar-refractivity contribution in [3.8, 4) is 0 Å². The SMILES string of the molecule is O=C(NC[C@@H]1CCCN1S(=O)(=O)c1ccccc1)c1ccc(F)cc1. The highest BCUT2D eigenvalue weighted by Crippen LogP contribution is 2.25. The average Bonchev–Trinajstić information content (AvgIpc) is 3.10. The van der Waals surface area contributed by atoms with E-state index in [1.165, 1.54) is 28.6 Å². The molecule has 3 rings (SSSR count). The first-order valence-electron chi connectivity index (χ1n) is 8.09. The van der Waals surface area contributed by atoms with Crippen LogP contribution in [0.2, 0.25) is 0 Å². The van der Waals surface area contributed by atoms with Crippen LogP contribution in [-0.4, -0.2) is 37.8 Å². The molecule has 0 unspecified atom stereocenters. The van der Waals surface area contributed by atoms with Crippen molar-refractivity contribution in [2.45, 2.75) is 23.8 Å². The molecule has 2 aromatic carbocycles. The van der Waals surface area contributed by atoms with Crippen molar-refractivity contribution in [1.82, 2.24) is 9.62 Å². The van der Waals surface area contributed by atoms with Crippen molar-refractivity contribution < 1.29 is 17.6 Å². The first kappa shape index (κ1) is 17.6. The highest BCUT2D eigenvalue weighted by atomic mass is 32.2. The monoisotopic (exact) mass is 362 g/mol. The van der Waals surface area contributed by atoms with E-state index < -0.39 is 15.8 Å². The molecule has 1 atom stereocenters. The van der Waals surface area contributed by atoms with Crippen LogP contribution in [0.1, 0.15) is 23.2 Å². The molecule has 1 fully saturated rings. The van der Waals surface area contributed by atoms with Crippen LogP contribution < -0.4 is 5.32 Å². The summed E-state index contributed by atoms with van der Waals surface area (Å²) in [4.78, 5) is 12.4. The molecule has 0 aliphatic carbocycles. The molecule has 0 aromatic heterocycles. The van der Waals surface area contributed by atoms with Gasteiger partial charge >= 0.3 is 0 Å². The van der Waals surface area contributed by atoms with Gasteiger partial charge in [0.1, 0.15) is 5.82 Å². The molecule has 0 spiro atoms. The van der Waals surface area contributed by atoms with Gasteiger partial charge in [-0.2, -0.15) is 4.31 Å². The van der Waals surface area contributed by atoms with Gasteiger partial charge in [-0.05, 0) is 49.2 Å². The van der Waals surface area contributed by atoms with Crippen molar-refractivity contribution in [1.29, 1.82) is 0 Å². The number of hydrogen-bond donors (Lipinski definition) is 1. The lowest BCUT2D eigenvalue weighted by Gasteiger charge is -2.24. The van der Waals surface area contributed by atoms with Gasteiger partial charge < -0.3 is 5.32 Å². The van der Waals surface area contributed by atoms with E-state index in [2.05, 4.69) is 5.32 Å². The fourth-order valence-electron chi connectivity index (χ4n) is 2.97. The van der Waals surface area contributed by atoms with Crippen LogP contribution in [0.25, 0.3) is 0 Å². The molecule has 0 saturated carbocycles. The summed E-state index contributed by atoms with van der Waals surface area (Å²) in [5, 5.41) is 2.75. The zero-order chi connectivity index (χ0) is 17.9. The van der Waals surface area contributed by atoms with Crippen LogP contribution in [0.5, 0.6) is 0 Å². The minimum atomic E-state index is -3.57. The van der Waals surface area contributed by atoms with Gasteiger partial charge in [0.2, 0.25) is 10.0 Å². The number of benzene rings is 2. The molecular weight excluding hydrogens is 343 g/mol. The molecule has 1 N–H and O–H groups in total. The van der Waals surface area contributed by atoms with Crippen LogP contribution >= 0.6 is 0 Å². The maximum atomic E-state index is 12.9. The normalized spacial score (nSPS) is 18.2. The van der Waals surface area contributed by atoms with Crippen LogP contribution in [0.4, 0.5) is 4.39 Å². The lowest BCUT2D eigenvalue weighted by Crippen LogP contribution is -2.43. The van der Waals surface area contributed by atoms with E-state index in [1.807, 2.05) is 0 Å². The van der Waals surface area contributed by atoms with E-state index in [0.717, 1.165) is 6.42 Å². The summed E-state index contributed by atoms with van der Waals surface area (Å²) >= 11 is 0. The zero-order valence-electron chi connectivity index (χ0n) is 13.6. The van der Waals surface area contributed by atoms with Gasteiger partial charge in [-0.3, -0.25) is 4.79 Å². The molecule has 1 amide bonds. The van der Waals surface area contributed by atoms with Crippen LogP contribution in [-0.2, 0) is 10.0 Å². The molecule has 0 bridgehead atoms. The molecule has 1 heterocycles. The van der Waals surface area contributed by atoms with Crippen molar-refractivity contribution in [2.75, 3.05) is 13.1 Å². The summed E-state index contributed by atoms with van der Waals surface area (Å²) in [6, 6.07) is 13.2. The summed E-state index contributed by atoms with van der Waals surface area (Å²) in [6.07, 6.45) is 1.44. The van der Waals surface area contributed by atoms with E-state index in [1.54, 1.807) is 30.3 Å². The Morgan fingerprint density at radius 3 is 2.48 bits per heavy atom. The van der Waals surface area contributed by atoms with Gasteiger partial charge in [-0.15, -0.1) is 0 Å². The van der Waals surface area contributed by atoms with E-state index in [9.17, 15) is 17.6 Å². The molecule has 1 aliphatic rings. The van der Waals surface area contributed by atoms with Gasteiger partial charge in [-0.1, -0.05) is 18.2 Å². The summed E-state index contributed by atoms with van der Waals surface area (Å²) in [5.74, 6) is -0.753. The van der Waals surface area contributed by atoms with Gasteiger partial charge in [-0.25, -0.2) is 12.8 Å². The predicted molar refractivity (Wildman–Crippen MR) is 92.1 cm³/mol. The standard InChI is InChI=1S/C18H19FN2O3S/c19-15-10-8-14(9-11-15)18(22)20-13-16-5-4-12-21(16)25(23,24)17-6-2-1-3-7-17/h1-3,6-11,16H,4-5,12-13H2,(H,20,22)/t16-/m0/s1. The molecule has 0 radical (unpaired) electrons. The Hall–Kier alpha value is -2.25. The Morgan fingerprint density at radius 1 is 1.12 bits per heavy atom. The molecule has 1 aliphatic heterocycles. The summed E-state index contributed by atoms with van der Waals surface area (Å²) < 4.78 is 39.9. The first-order valence-corrected chi connectivity index (χ1v) is 9.53. The highest BCUT2D eigenvalue weighted by molar-refractivity contribution is 7.89. The Bertz CT molecular complexity index is 838. The number of sulfonamides is 1. The quantitative estimate of drug-likeness (QED) is 0.888. The minimum absolute atomic E-state index is 0.224. The number of nitrogens with one attached hydrogen (secondary N) is 1. The predicted octanol–water partition coefficient (Wildman–Crippen LogP) is 2.41. The summed E-state index contributed by atoms with van der Waals surface area (Å²) in [5.41, 5.74) is 0.344. The summed E-state index contributed by atoms with van der Waals surface area (Å²) in [6.45, 7) is 0.663. The fraction of sp³-hybridized carbons (Fsp3) is 0.278. The van der Waals surface area contributed by atoms with Crippen molar-refractivity contribution in [3.63, 3.8) is 0 Å². The zero-order valence-corrected chi connectivity index (χ0v) is 14.4. The highest BCUT2D eigenvalue weighted by Gasteiger charge is 2.35. The van der Waals surface area contributed by atoms with E-state index in [-0.39, 0.29) is 23.4 Å². The van der Waals surface area contributed by atoms with Gasteiger partial charge in [0.25, 0.3) is 5.91 Å². The second kappa shape index (κ2) is 7.33. The third-order valence-electron chi connectivity index (χ3n) is 4.28. The van der Waals surface area contributed by atoms with E-state index in [0.29, 0.717) is 18.5 Å². The van der Waals surface area contributed by atoms with E-state index >= 15 is 0 Å². The number of carbonyl (C=O) groups excluding carboxylic acids is 1. The lowest BCUT2D eigenvalue weighted by molar-refractivity contribution is 0.0946. The molecule has 25 heavy (non-hydrogen) atoms. The average molecular weight is 362 g/mol. The molecular formula is C18H19FN2O3S. The van der Waals surface area contributed by atoms with Crippen molar-refractivity contribution in [2.24, 2.45) is 0 Å². The molecule has 1 saturated heterocycles. The largest absolute Gasteiger partial charge is 0.350 e. The number of amides is 1.